The SMILES string of the molecule is CC(C)NC(=O)c1ccc(N)cc1.CCCCN(CCCC)CCCOC(=O)c1ccc(N)cc1.CCN(CC)CCOC(=O)c1ccc(N)cc1.CCNC(=O)c1ccc(N)cc1.Nc1ccc(C(=O)NCC(=O)O)cc1.Nc1ccc(C(=O)Oc2ccccc2)cc1. The molecule has 0 aromatic heterocycles. The van der Waals surface area contributed by atoms with Crippen molar-refractivity contribution in [1.82, 2.24) is 25.8 Å². The highest BCUT2D eigenvalue weighted by atomic mass is 16.5. The van der Waals surface area contributed by atoms with Crippen LogP contribution in [0, 0.1) is 0 Å². The number of nitrogens with two attached hydrogens (primary N) is 6. The summed E-state index contributed by atoms with van der Waals surface area (Å²) in [6.45, 7) is 21.5. The molecule has 0 aliphatic heterocycles. The molecule has 0 fully saturated rings. The van der Waals surface area contributed by atoms with Crippen molar-refractivity contribution >= 4 is 75.7 Å². The van der Waals surface area contributed by atoms with Gasteiger partial charge in [0.1, 0.15) is 18.9 Å². The van der Waals surface area contributed by atoms with E-state index < -0.39 is 11.9 Å². The van der Waals surface area contributed by atoms with Crippen molar-refractivity contribution in [3.05, 3.63) is 209 Å². The minimum atomic E-state index is -1.08. The quantitative estimate of drug-likeness (QED) is 0.0104. The fourth-order valence-electron chi connectivity index (χ4n) is 7.81. The number of nitrogens with one attached hydrogen (secondary N) is 3. The molecule has 0 aliphatic carbocycles. The lowest BCUT2D eigenvalue weighted by molar-refractivity contribution is -0.135. The van der Waals surface area contributed by atoms with E-state index in [1.807, 2.05) is 39.0 Å². The predicted molar refractivity (Wildman–Crippen MR) is 376 cm³/mol. The molecule has 0 atom stereocenters. The molecule has 7 aromatic carbocycles. The van der Waals surface area contributed by atoms with Gasteiger partial charge in [-0.15, -0.1) is 0 Å². The average molecular weight is 1290 g/mol. The number of unbranched alkanes of at least 4 members (excludes halogenated alkanes) is 2. The Balaban J connectivity index is 0.000000388. The van der Waals surface area contributed by atoms with Crippen LogP contribution < -0.4 is 55.1 Å². The monoisotopic (exact) mass is 1290 g/mol. The number of hydrogen-bond acceptors (Lipinski definition) is 18. The minimum absolute atomic E-state index is 0.0579. The fourth-order valence-corrected chi connectivity index (χ4v) is 7.81. The highest BCUT2D eigenvalue weighted by molar-refractivity contribution is 5.97. The molecular formula is C72H97N11O11. The first-order valence-electron chi connectivity index (χ1n) is 31.3. The molecule has 16 N–H and O–H groups in total. The smallest absolute Gasteiger partial charge is 0.343 e. The summed E-state index contributed by atoms with van der Waals surface area (Å²) < 4.78 is 15.7. The standard InChI is InChI=1S/C18H30N2O2.C13H20N2O2.C13H11NO2.C10H14N2O.C9H10N2O3.C9H12N2O/c1-3-5-12-20(13-6-4-2)14-7-15-22-18(21)16-8-10-17(19)11-9-16;1-3-15(4-2)9-10-17-13(16)11-5-7-12(14)8-6-11;14-11-8-6-10(7-9-11)13(15)16-12-4-2-1-3-5-12;1-7(2)12-10(13)8-3-5-9(11)6-4-8;10-7-3-1-6(2-4-7)9(14)11-5-8(12)13;1-2-11-9(12)7-3-5-8(10)6-4-7/h8-11H,3-7,12-15,19H2,1-2H3;5-8H,3-4,9-10,14H2,1-2H3;1-9H,14H2;3-7H,11H2,1-2H3,(H,12,13);1-4H,5,10H2,(H,11,14)(H,12,13);3-6H,2,10H2,1H3,(H,11,12). The summed E-state index contributed by atoms with van der Waals surface area (Å²) >= 11 is 0. The first-order valence-corrected chi connectivity index (χ1v) is 31.3. The van der Waals surface area contributed by atoms with Crippen LogP contribution in [0.2, 0.25) is 0 Å². The van der Waals surface area contributed by atoms with Crippen molar-refractivity contribution < 1.29 is 52.9 Å². The third-order valence-corrected chi connectivity index (χ3v) is 13.1. The lowest BCUT2D eigenvalue weighted by atomic mass is 10.2. The Labute approximate surface area is 553 Å². The predicted octanol–water partition coefficient (Wildman–Crippen LogP) is 10.5. The summed E-state index contributed by atoms with van der Waals surface area (Å²) in [7, 11) is 0. The Hall–Kier alpha value is -10.5. The molecular weight excluding hydrogens is 1190 g/mol. The summed E-state index contributed by atoms with van der Waals surface area (Å²) in [6.07, 6.45) is 5.78. The summed E-state index contributed by atoms with van der Waals surface area (Å²) in [6, 6.07) is 49.2. The molecule has 22 nitrogen and oxygen atoms in total. The highest BCUT2D eigenvalue weighted by Crippen LogP contribution is 2.14. The number of aliphatic carboxylic acids is 1. The van der Waals surface area contributed by atoms with Gasteiger partial charge in [0.2, 0.25) is 0 Å². The van der Waals surface area contributed by atoms with Crippen LogP contribution in [0.1, 0.15) is 143 Å². The largest absolute Gasteiger partial charge is 0.480 e. The summed E-state index contributed by atoms with van der Waals surface area (Å²) in [5.74, 6) is -2.03. The Morgan fingerprint density at radius 2 is 0.745 bits per heavy atom. The molecule has 0 heterocycles. The van der Waals surface area contributed by atoms with Crippen LogP contribution in [0.15, 0.2) is 176 Å². The van der Waals surface area contributed by atoms with Crippen molar-refractivity contribution in [1.29, 1.82) is 0 Å². The first-order chi connectivity index (χ1) is 45.0. The Bertz CT molecular complexity index is 3270. The number of rotatable bonds is 26. The zero-order valence-corrected chi connectivity index (χ0v) is 55.3. The van der Waals surface area contributed by atoms with E-state index in [1.165, 1.54) is 37.8 Å². The number of carbonyl (C=O) groups is 7. The van der Waals surface area contributed by atoms with E-state index in [0.29, 0.717) is 93.0 Å². The molecule has 0 bridgehead atoms. The highest BCUT2D eigenvalue weighted by Gasteiger charge is 2.12. The Kier molecular flexibility index (Phi) is 39.5. The molecule has 0 radical (unpaired) electrons. The number of carboxylic acids is 1. The van der Waals surface area contributed by atoms with Crippen LogP contribution in [0.4, 0.5) is 34.1 Å². The number of hydrogen-bond donors (Lipinski definition) is 10. The maximum Gasteiger partial charge on any atom is 0.343 e. The van der Waals surface area contributed by atoms with Gasteiger partial charge in [-0.3, -0.25) is 19.2 Å². The molecule has 0 aliphatic rings. The maximum absolute atomic E-state index is 11.9. The van der Waals surface area contributed by atoms with Crippen molar-refractivity contribution in [2.75, 3.05) is 100.0 Å². The van der Waals surface area contributed by atoms with Crippen LogP contribution in [-0.2, 0) is 14.3 Å². The molecule has 7 rings (SSSR count). The molecule has 0 unspecified atom stereocenters. The van der Waals surface area contributed by atoms with E-state index >= 15 is 0 Å². The third-order valence-electron chi connectivity index (χ3n) is 13.1. The molecule has 7 aromatic rings. The molecule has 0 spiro atoms. The normalized spacial score (nSPS) is 10.1. The van der Waals surface area contributed by atoms with Crippen LogP contribution in [-0.4, -0.2) is 128 Å². The van der Waals surface area contributed by atoms with Gasteiger partial charge in [-0.05, 0) is 224 Å². The van der Waals surface area contributed by atoms with Gasteiger partial charge in [-0.25, -0.2) is 14.4 Å². The van der Waals surface area contributed by atoms with Gasteiger partial charge in [-0.1, -0.05) is 58.7 Å². The van der Waals surface area contributed by atoms with E-state index in [0.717, 1.165) is 45.7 Å². The molecule has 506 valence electrons. The zero-order valence-electron chi connectivity index (χ0n) is 55.3. The van der Waals surface area contributed by atoms with Crippen molar-refractivity contribution in [2.45, 2.75) is 86.6 Å². The number of ether oxygens (including phenoxy) is 3. The van der Waals surface area contributed by atoms with Gasteiger partial charge in [0.05, 0.1) is 23.3 Å². The van der Waals surface area contributed by atoms with Gasteiger partial charge in [0.15, 0.2) is 0 Å². The summed E-state index contributed by atoms with van der Waals surface area (Å²) in [5.41, 5.74) is 40.1. The van der Waals surface area contributed by atoms with Crippen molar-refractivity contribution in [3.8, 4) is 5.75 Å². The first kappa shape index (κ1) is 79.6. The second-order valence-corrected chi connectivity index (χ2v) is 21.2. The number of amides is 3. The number of likely N-dealkylation sites (N-methyl/N-ethyl adjacent to an activating group) is 1. The summed E-state index contributed by atoms with van der Waals surface area (Å²) in [5, 5.41) is 16.1. The zero-order chi connectivity index (χ0) is 69.6. The Morgan fingerprint density at radius 3 is 1.10 bits per heavy atom. The number of para-hydroxylation sites is 1. The van der Waals surface area contributed by atoms with E-state index in [4.69, 9.17) is 53.7 Å². The number of nitrogen functional groups attached to an aromatic ring is 6. The maximum atomic E-state index is 11.9. The number of carboxylic acid groups (broad SMARTS) is 1. The van der Waals surface area contributed by atoms with E-state index in [2.05, 4.69) is 53.4 Å². The van der Waals surface area contributed by atoms with Gasteiger partial charge in [0, 0.05) is 76.5 Å². The van der Waals surface area contributed by atoms with Crippen LogP contribution in [0.5, 0.6) is 5.75 Å². The van der Waals surface area contributed by atoms with Gasteiger partial charge < -0.3 is 79.5 Å². The molecule has 0 saturated heterocycles. The second kappa shape index (κ2) is 46.6. The fraction of sp³-hybridized carbons (Fsp3) is 0.319. The number of esters is 3. The molecule has 0 saturated carbocycles. The van der Waals surface area contributed by atoms with E-state index in [9.17, 15) is 33.6 Å². The van der Waals surface area contributed by atoms with Crippen LogP contribution >= 0.6 is 0 Å². The van der Waals surface area contributed by atoms with Crippen LogP contribution in [0.25, 0.3) is 0 Å². The van der Waals surface area contributed by atoms with Gasteiger partial charge in [-0.2, -0.15) is 0 Å². The number of anilines is 6. The van der Waals surface area contributed by atoms with Gasteiger partial charge >= 0.3 is 23.9 Å². The molecule has 22 heteroatoms. The number of benzene rings is 7. The number of nitrogens with zero attached hydrogens (tertiary/aromatic N) is 2. The van der Waals surface area contributed by atoms with E-state index in [1.54, 1.807) is 146 Å². The summed E-state index contributed by atoms with van der Waals surface area (Å²) in [4.78, 5) is 83.9. The lowest BCUT2D eigenvalue weighted by Gasteiger charge is -2.21. The number of carbonyl (C=O) groups excluding carboxylic acids is 6. The van der Waals surface area contributed by atoms with E-state index in [-0.39, 0.29) is 42.3 Å². The lowest BCUT2D eigenvalue weighted by Crippen LogP contribution is -2.29. The topological polar surface area (TPSA) is 366 Å². The van der Waals surface area contributed by atoms with Crippen molar-refractivity contribution in [2.24, 2.45) is 0 Å². The average Bonchev–Trinajstić information content (AvgIpc) is 2.98. The second-order valence-electron chi connectivity index (χ2n) is 21.2. The molecule has 94 heavy (non-hydrogen) atoms. The minimum Gasteiger partial charge on any atom is -0.480 e. The van der Waals surface area contributed by atoms with Gasteiger partial charge in [0.25, 0.3) is 17.7 Å². The third kappa shape index (κ3) is 35.2. The van der Waals surface area contributed by atoms with Crippen LogP contribution in [0.3, 0.4) is 0 Å². The van der Waals surface area contributed by atoms with Crippen molar-refractivity contribution in [3.63, 3.8) is 0 Å². The Morgan fingerprint density at radius 1 is 0.404 bits per heavy atom. The molecule has 3 amide bonds.